The van der Waals surface area contributed by atoms with Crippen LogP contribution in [0.15, 0.2) is 22.0 Å². The first-order valence-corrected chi connectivity index (χ1v) is 5.13. The minimum Gasteiger partial charge on any atom is -0.388 e. The average molecular weight is 210 g/mol. The summed E-state index contributed by atoms with van der Waals surface area (Å²) < 4.78 is 12.6. The first-order valence-electron chi connectivity index (χ1n) is 4.42. The summed E-state index contributed by atoms with van der Waals surface area (Å²) in [5.41, 5.74) is 3.89. The first kappa shape index (κ1) is 9.52. The molecule has 0 spiro atoms. The van der Waals surface area contributed by atoms with Gasteiger partial charge in [-0.3, -0.25) is 4.99 Å². The number of benzene rings is 1. The molecule has 0 amide bonds. The van der Waals surface area contributed by atoms with E-state index in [9.17, 15) is 3.89 Å². The van der Waals surface area contributed by atoms with Gasteiger partial charge in [-0.15, -0.1) is 0 Å². The zero-order valence-electron chi connectivity index (χ0n) is 8.10. The van der Waals surface area contributed by atoms with Gasteiger partial charge in [0.25, 0.3) is 0 Å². The van der Waals surface area contributed by atoms with E-state index in [1.54, 1.807) is 6.07 Å². The van der Waals surface area contributed by atoms with Crippen LogP contribution in [0.25, 0.3) is 0 Å². The highest BCUT2D eigenvalue weighted by Gasteiger charge is 2.17. The third-order valence-electron chi connectivity index (χ3n) is 2.27. The van der Waals surface area contributed by atoms with E-state index in [-0.39, 0.29) is 12.1 Å². The van der Waals surface area contributed by atoms with Crippen LogP contribution in [0.2, 0.25) is 0 Å². The van der Waals surface area contributed by atoms with Gasteiger partial charge in [-0.05, 0) is 24.6 Å². The van der Waals surface area contributed by atoms with Crippen molar-refractivity contribution in [3.8, 4) is 0 Å². The molecule has 0 radical (unpaired) electrons. The van der Waals surface area contributed by atoms with Crippen LogP contribution in [0.5, 0.6) is 0 Å². The lowest BCUT2D eigenvalue weighted by Crippen LogP contribution is -1.92. The molecule has 1 aromatic carbocycles. The second kappa shape index (κ2) is 3.61. The summed E-state index contributed by atoms with van der Waals surface area (Å²) in [4.78, 5) is 4.93. The average Bonchev–Trinajstić information content (AvgIpc) is 2.56. The molecule has 4 heteroatoms. The van der Waals surface area contributed by atoms with Crippen molar-refractivity contribution in [2.24, 2.45) is 4.99 Å². The fraction of sp³-hybridized carbons (Fsp3) is 0.300. The molecule has 0 aromatic heterocycles. The minimum absolute atomic E-state index is 0.259. The standard InChI is InChI=1S/C10H11FN2S/c1-6-3-7-4-8(12-2)5-9(14-11)10(7)13-6/h4-5,12H,3H2,1-2H3. The van der Waals surface area contributed by atoms with Gasteiger partial charge in [-0.25, -0.2) is 0 Å². The monoisotopic (exact) mass is 210 g/mol. The minimum atomic E-state index is 0.259. The molecule has 0 bridgehead atoms. The third-order valence-corrected chi connectivity index (χ3v) is 2.75. The Kier molecular flexibility index (Phi) is 2.46. The molecule has 1 N–H and O–H groups in total. The maximum absolute atomic E-state index is 12.6. The van der Waals surface area contributed by atoms with Crippen LogP contribution >= 0.6 is 12.1 Å². The molecule has 2 rings (SSSR count). The van der Waals surface area contributed by atoms with Crippen LogP contribution in [0.4, 0.5) is 15.3 Å². The van der Waals surface area contributed by atoms with Gasteiger partial charge in [-0.2, -0.15) is 3.89 Å². The number of rotatable bonds is 2. The van der Waals surface area contributed by atoms with E-state index >= 15 is 0 Å². The van der Waals surface area contributed by atoms with Gasteiger partial charge >= 0.3 is 0 Å². The number of nitrogens with zero attached hydrogens (tertiary/aromatic N) is 1. The van der Waals surface area contributed by atoms with Crippen molar-refractivity contribution in [3.05, 3.63) is 17.7 Å². The molecule has 0 atom stereocenters. The maximum Gasteiger partial charge on any atom is 0.0835 e. The SMILES string of the molecule is CNc1cc2c(c(SF)c1)N=C(C)C2. The lowest BCUT2D eigenvalue weighted by atomic mass is 10.1. The van der Waals surface area contributed by atoms with Gasteiger partial charge in [0.05, 0.1) is 22.7 Å². The number of nitrogens with one attached hydrogen (secondary N) is 1. The van der Waals surface area contributed by atoms with Crippen LogP contribution < -0.4 is 5.32 Å². The van der Waals surface area contributed by atoms with Crippen molar-refractivity contribution in [2.45, 2.75) is 18.2 Å². The quantitative estimate of drug-likeness (QED) is 0.809. The summed E-state index contributed by atoms with van der Waals surface area (Å²) in [5, 5.41) is 3.02. The summed E-state index contributed by atoms with van der Waals surface area (Å²) >= 11 is 0.259. The molecule has 2 nitrogen and oxygen atoms in total. The number of fused-ring (bicyclic) bond motifs is 1. The van der Waals surface area contributed by atoms with Crippen LogP contribution in [0.3, 0.4) is 0 Å². The number of hydrogen-bond donors (Lipinski definition) is 1. The van der Waals surface area contributed by atoms with Crippen molar-refractivity contribution < 1.29 is 3.89 Å². The molecule has 0 saturated heterocycles. The lowest BCUT2D eigenvalue weighted by molar-refractivity contribution is 0.934. The first-order chi connectivity index (χ1) is 6.74. The van der Waals surface area contributed by atoms with E-state index in [1.165, 1.54) is 0 Å². The molecule has 1 aliphatic heterocycles. The zero-order valence-corrected chi connectivity index (χ0v) is 8.91. The fourth-order valence-corrected chi connectivity index (χ4v) is 2.06. The van der Waals surface area contributed by atoms with Crippen LogP contribution in [-0.2, 0) is 6.42 Å². The number of halogens is 1. The Bertz CT molecular complexity index is 401. The molecular weight excluding hydrogens is 199 g/mol. The molecule has 0 saturated carbocycles. The number of aliphatic imine (C=N–C) groups is 1. The number of hydrogen-bond acceptors (Lipinski definition) is 3. The van der Waals surface area contributed by atoms with Crippen molar-refractivity contribution in [1.82, 2.24) is 0 Å². The second-order valence-electron chi connectivity index (χ2n) is 3.33. The van der Waals surface area contributed by atoms with Crippen LogP contribution in [0, 0.1) is 0 Å². The fourth-order valence-electron chi connectivity index (χ4n) is 1.64. The summed E-state index contributed by atoms with van der Waals surface area (Å²) in [7, 11) is 1.83. The molecule has 1 aliphatic rings. The smallest absolute Gasteiger partial charge is 0.0835 e. The Labute approximate surface area is 86.9 Å². The Balaban J connectivity index is 2.53. The van der Waals surface area contributed by atoms with Gasteiger partial charge in [0.15, 0.2) is 0 Å². The molecule has 1 aromatic rings. The van der Waals surface area contributed by atoms with Gasteiger partial charge in [0, 0.05) is 24.9 Å². The highest BCUT2D eigenvalue weighted by atomic mass is 32.2. The largest absolute Gasteiger partial charge is 0.388 e. The summed E-state index contributed by atoms with van der Waals surface area (Å²) in [6.07, 6.45) is 0.832. The van der Waals surface area contributed by atoms with E-state index < -0.39 is 0 Å². The third kappa shape index (κ3) is 1.50. The Hall–Kier alpha value is -1.03. The zero-order chi connectivity index (χ0) is 10.1. The predicted molar refractivity (Wildman–Crippen MR) is 59.4 cm³/mol. The number of anilines is 1. The molecule has 1 heterocycles. The van der Waals surface area contributed by atoms with Crippen molar-refractivity contribution in [2.75, 3.05) is 12.4 Å². The van der Waals surface area contributed by atoms with E-state index in [0.29, 0.717) is 4.90 Å². The maximum atomic E-state index is 12.6. The lowest BCUT2D eigenvalue weighted by Gasteiger charge is -2.06. The van der Waals surface area contributed by atoms with E-state index in [4.69, 9.17) is 0 Å². The Morgan fingerprint density at radius 1 is 1.50 bits per heavy atom. The molecule has 0 unspecified atom stereocenters. The highest BCUT2D eigenvalue weighted by Crippen LogP contribution is 2.39. The normalized spacial score (nSPS) is 13.8. The Morgan fingerprint density at radius 3 is 2.93 bits per heavy atom. The van der Waals surface area contributed by atoms with Crippen molar-refractivity contribution >= 4 is 29.2 Å². The summed E-state index contributed by atoms with van der Waals surface area (Å²) in [5.74, 6) is 0. The molecule has 14 heavy (non-hydrogen) atoms. The van der Waals surface area contributed by atoms with Crippen molar-refractivity contribution in [3.63, 3.8) is 0 Å². The molecule has 74 valence electrons. The highest BCUT2D eigenvalue weighted by molar-refractivity contribution is 7.94. The summed E-state index contributed by atoms with van der Waals surface area (Å²) in [6, 6.07) is 3.81. The molecular formula is C10H11FN2S. The van der Waals surface area contributed by atoms with Crippen LogP contribution in [-0.4, -0.2) is 12.8 Å². The van der Waals surface area contributed by atoms with Gasteiger partial charge in [-0.1, -0.05) is 0 Å². The van der Waals surface area contributed by atoms with Gasteiger partial charge in [0.1, 0.15) is 0 Å². The van der Waals surface area contributed by atoms with Gasteiger partial charge in [0.2, 0.25) is 0 Å². The van der Waals surface area contributed by atoms with E-state index in [1.807, 2.05) is 20.0 Å². The van der Waals surface area contributed by atoms with Crippen LogP contribution in [0.1, 0.15) is 12.5 Å². The molecule has 0 aliphatic carbocycles. The second-order valence-corrected chi connectivity index (χ2v) is 3.93. The van der Waals surface area contributed by atoms with Crippen molar-refractivity contribution in [1.29, 1.82) is 0 Å². The van der Waals surface area contributed by atoms with E-state index in [2.05, 4.69) is 10.3 Å². The molecule has 0 fully saturated rings. The van der Waals surface area contributed by atoms with Gasteiger partial charge < -0.3 is 5.32 Å². The summed E-state index contributed by atoms with van der Waals surface area (Å²) in [6.45, 7) is 1.96. The van der Waals surface area contributed by atoms with E-state index in [0.717, 1.165) is 29.1 Å². The Morgan fingerprint density at radius 2 is 2.29 bits per heavy atom. The topological polar surface area (TPSA) is 24.4 Å². The predicted octanol–water partition coefficient (Wildman–Crippen LogP) is 3.35.